The summed E-state index contributed by atoms with van der Waals surface area (Å²) in [6, 6.07) is 8.34. The number of hydrogen-bond acceptors (Lipinski definition) is 5. The third-order valence-electron chi connectivity index (χ3n) is 4.30. The molecule has 1 aliphatic heterocycles. The zero-order chi connectivity index (χ0) is 18.1. The van der Waals surface area contributed by atoms with Crippen LogP contribution in [0.2, 0.25) is 5.02 Å². The fraction of sp³-hybridized carbons (Fsp3) is 0.263. The molecule has 2 heterocycles. The summed E-state index contributed by atoms with van der Waals surface area (Å²) in [7, 11) is 0. The van der Waals surface area contributed by atoms with E-state index in [9.17, 15) is 4.39 Å². The first-order valence-electron chi connectivity index (χ1n) is 8.32. The maximum atomic E-state index is 13.3. The predicted octanol–water partition coefficient (Wildman–Crippen LogP) is 4.64. The molecular weight excluding hydrogens is 357 g/mol. The maximum absolute atomic E-state index is 13.3. The zero-order valence-electron chi connectivity index (χ0n) is 14.1. The number of aryl methyl sites for hydroxylation is 1. The van der Waals surface area contributed by atoms with Crippen LogP contribution >= 0.6 is 11.6 Å². The second-order valence-electron chi connectivity index (χ2n) is 6.21. The number of rotatable bonds is 4. The summed E-state index contributed by atoms with van der Waals surface area (Å²) in [6.45, 7) is 3.32. The van der Waals surface area contributed by atoms with Crippen LogP contribution in [-0.2, 0) is 4.74 Å². The Balaban J connectivity index is 1.67. The normalized spacial score (nSPS) is 16.8. The Hall–Kier alpha value is -2.44. The minimum Gasteiger partial charge on any atom is -0.488 e. The van der Waals surface area contributed by atoms with Crippen molar-refractivity contribution in [2.75, 3.05) is 18.5 Å². The van der Waals surface area contributed by atoms with Crippen LogP contribution in [0.5, 0.6) is 5.75 Å². The molecule has 7 heteroatoms. The van der Waals surface area contributed by atoms with Crippen LogP contribution in [-0.4, -0.2) is 29.3 Å². The molecule has 0 radical (unpaired) electrons. The van der Waals surface area contributed by atoms with E-state index in [1.54, 1.807) is 6.07 Å². The molecule has 134 valence electrons. The summed E-state index contributed by atoms with van der Waals surface area (Å²) in [6.07, 6.45) is 2.44. The van der Waals surface area contributed by atoms with E-state index in [4.69, 9.17) is 21.1 Å². The van der Waals surface area contributed by atoms with Gasteiger partial charge >= 0.3 is 0 Å². The molecular formula is C19H17ClFN3O2. The van der Waals surface area contributed by atoms with Crippen molar-refractivity contribution in [3.8, 4) is 5.75 Å². The van der Waals surface area contributed by atoms with E-state index in [0.29, 0.717) is 18.1 Å². The van der Waals surface area contributed by atoms with Gasteiger partial charge < -0.3 is 14.8 Å². The molecule has 1 saturated heterocycles. The van der Waals surface area contributed by atoms with E-state index in [1.807, 2.05) is 19.1 Å². The lowest BCUT2D eigenvalue weighted by Crippen LogP contribution is -2.16. The first kappa shape index (κ1) is 17.0. The molecule has 1 fully saturated rings. The number of nitrogens with one attached hydrogen (secondary N) is 1. The van der Waals surface area contributed by atoms with Crippen LogP contribution in [0.25, 0.3) is 10.9 Å². The van der Waals surface area contributed by atoms with Gasteiger partial charge in [0.05, 0.1) is 23.8 Å². The second-order valence-corrected chi connectivity index (χ2v) is 6.62. The summed E-state index contributed by atoms with van der Waals surface area (Å²) in [5, 5.41) is 4.07. The lowest BCUT2D eigenvalue weighted by atomic mass is 10.1. The Labute approximate surface area is 155 Å². The van der Waals surface area contributed by atoms with Gasteiger partial charge in [0.15, 0.2) is 0 Å². The van der Waals surface area contributed by atoms with Gasteiger partial charge in [0.25, 0.3) is 0 Å². The van der Waals surface area contributed by atoms with Crippen molar-refractivity contribution in [1.82, 2.24) is 9.97 Å². The largest absolute Gasteiger partial charge is 0.488 e. The molecule has 0 unspecified atom stereocenters. The highest BCUT2D eigenvalue weighted by Gasteiger charge is 2.19. The minimum absolute atomic E-state index is 0.0546. The number of nitrogens with zero attached hydrogens (tertiary/aromatic N) is 2. The topological polar surface area (TPSA) is 56.3 Å². The van der Waals surface area contributed by atoms with E-state index in [1.165, 1.54) is 18.5 Å². The van der Waals surface area contributed by atoms with Gasteiger partial charge in [0.1, 0.15) is 29.8 Å². The van der Waals surface area contributed by atoms with Crippen molar-refractivity contribution in [3.05, 3.63) is 53.1 Å². The molecule has 1 aromatic heterocycles. The van der Waals surface area contributed by atoms with Gasteiger partial charge in [-0.2, -0.15) is 0 Å². The van der Waals surface area contributed by atoms with E-state index < -0.39 is 5.82 Å². The highest BCUT2D eigenvalue weighted by Crippen LogP contribution is 2.31. The molecule has 0 spiro atoms. The molecule has 2 aromatic carbocycles. The molecule has 4 rings (SSSR count). The number of aromatic nitrogens is 2. The van der Waals surface area contributed by atoms with Crippen LogP contribution in [0, 0.1) is 12.7 Å². The molecule has 0 aliphatic carbocycles. The standard InChI is InChI=1S/C19H17ClFN3O2/c1-11-6-14-17(8-18(11)26-13-4-5-25-9-13)22-10-23-19(14)24-12-2-3-16(21)15(20)7-12/h2-3,6-8,10,13H,4-5,9H2,1H3,(H,22,23,24)/t13-/m0/s1. The number of ether oxygens (including phenoxy) is 2. The van der Waals surface area contributed by atoms with Crippen molar-refractivity contribution < 1.29 is 13.9 Å². The van der Waals surface area contributed by atoms with Gasteiger partial charge in [-0.25, -0.2) is 14.4 Å². The van der Waals surface area contributed by atoms with Crippen LogP contribution < -0.4 is 10.1 Å². The van der Waals surface area contributed by atoms with Gasteiger partial charge in [-0.3, -0.25) is 0 Å². The highest BCUT2D eigenvalue weighted by atomic mass is 35.5. The Bertz CT molecular complexity index is 961. The summed E-state index contributed by atoms with van der Waals surface area (Å²) in [5.41, 5.74) is 2.40. The summed E-state index contributed by atoms with van der Waals surface area (Å²) < 4.78 is 24.7. The first-order valence-corrected chi connectivity index (χ1v) is 8.70. The molecule has 26 heavy (non-hydrogen) atoms. The molecule has 0 saturated carbocycles. The van der Waals surface area contributed by atoms with Gasteiger partial charge in [-0.15, -0.1) is 0 Å². The number of anilines is 2. The van der Waals surface area contributed by atoms with Gasteiger partial charge in [0.2, 0.25) is 0 Å². The molecule has 1 N–H and O–H groups in total. The third kappa shape index (κ3) is 3.43. The number of halogens is 2. The minimum atomic E-state index is -0.460. The fourth-order valence-electron chi connectivity index (χ4n) is 2.91. The van der Waals surface area contributed by atoms with Gasteiger partial charge in [-0.1, -0.05) is 11.6 Å². The van der Waals surface area contributed by atoms with Crippen molar-refractivity contribution in [2.45, 2.75) is 19.4 Å². The van der Waals surface area contributed by atoms with Crippen LogP contribution in [0.3, 0.4) is 0 Å². The second kappa shape index (κ2) is 7.05. The number of hydrogen-bond donors (Lipinski definition) is 1. The Morgan fingerprint density at radius 3 is 2.92 bits per heavy atom. The zero-order valence-corrected chi connectivity index (χ0v) is 14.9. The molecule has 0 amide bonds. The third-order valence-corrected chi connectivity index (χ3v) is 4.59. The number of benzene rings is 2. The SMILES string of the molecule is Cc1cc2c(Nc3ccc(F)c(Cl)c3)ncnc2cc1O[C@H]1CCOC1. The smallest absolute Gasteiger partial charge is 0.141 e. The van der Waals surface area contributed by atoms with E-state index in [2.05, 4.69) is 15.3 Å². The lowest BCUT2D eigenvalue weighted by molar-refractivity contribution is 0.141. The van der Waals surface area contributed by atoms with Crippen LogP contribution in [0.1, 0.15) is 12.0 Å². The average Bonchev–Trinajstić information content (AvgIpc) is 3.13. The van der Waals surface area contributed by atoms with Gasteiger partial charge in [0, 0.05) is 23.6 Å². The maximum Gasteiger partial charge on any atom is 0.141 e. The average molecular weight is 374 g/mol. The fourth-order valence-corrected chi connectivity index (χ4v) is 3.10. The quantitative estimate of drug-likeness (QED) is 0.721. The Kier molecular flexibility index (Phi) is 4.61. The van der Waals surface area contributed by atoms with Gasteiger partial charge in [-0.05, 0) is 36.8 Å². The molecule has 3 aromatic rings. The van der Waals surface area contributed by atoms with E-state index in [-0.39, 0.29) is 11.1 Å². The monoisotopic (exact) mass is 373 g/mol. The molecule has 5 nitrogen and oxygen atoms in total. The molecule has 1 atom stereocenters. The number of fused-ring (bicyclic) bond motifs is 1. The van der Waals surface area contributed by atoms with E-state index in [0.717, 1.165) is 35.2 Å². The summed E-state index contributed by atoms with van der Waals surface area (Å²) in [5.74, 6) is 0.956. The Morgan fingerprint density at radius 2 is 2.15 bits per heavy atom. The van der Waals surface area contributed by atoms with Crippen LogP contribution in [0.15, 0.2) is 36.7 Å². The lowest BCUT2D eigenvalue weighted by Gasteiger charge is -2.16. The highest BCUT2D eigenvalue weighted by molar-refractivity contribution is 6.31. The van der Waals surface area contributed by atoms with Crippen molar-refractivity contribution >= 4 is 34.0 Å². The Morgan fingerprint density at radius 1 is 1.27 bits per heavy atom. The molecule has 0 bridgehead atoms. The van der Waals surface area contributed by atoms with Crippen molar-refractivity contribution in [1.29, 1.82) is 0 Å². The molecule has 1 aliphatic rings. The van der Waals surface area contributed by atoms with E-state index >= 15 is 0 Å². The first-order chi connectivity index (χ1) is 12.6. The van der Waals surface area contributed by atoms with Crippen LogP contribution in [0.4, 0.5) is 15.9 Å². The summed E-state index contributed by atoms with van der Waals surface area (Å²) >= 11 is 5.85. The predicted molar refractivity (Wildman–Crippen MR) is 98.8 cm³/mol. The van der Waals surface area contributed by atoms with Crippen molar-refractivity contribution in [2.24, 2.45) is 0 Å². The summed E-state index contributed by atoms with van der Waals surface area (Å²) in [4.78, 5) is 8.65. The van der Waals surface area contributed by atoms with Crippen molar-refractivity contribution in [3.63, 3.8) is 0 Å².